The number of halogens is 2. The maximum absolute atomic E-state index is 9.95. The zero-order chi connectivity index (χ0) is 18.7. The van der Waals surface area contributed by atoms with Gasteiger partial charge in [-0.15, -0.1) is 17.0 Å². The van der Waals surface area contributed by atoms with Crippen LogP contribution < -0.4 is 0 Å². The Balaban J connectivity index is 0.00000261. The van der Waals surface area contributed by atoms with Crippen molar-refractivity contribution in [3.8, 4) is 17.2 Å². The molecule has 6 heteroatoms. The Morgan fingerprint density at radius 2 is 1.81 bits per heavy atom. The molecular weight excluding hydrogens is 430 g/mol. The summed E-state index contributed by atoms with van der Waals surface area (Å²) in [5, 5.41) is 29.4. The van der Waals surface area contributed by atoms with E-state index in [2.05, 4.69) is 11.8 Å². The van der Waals surface area contributed by atoms with Crippen LogP contribution in [-0.4, -0.2) is 39.4 Å². The molecule has 1 aliphatic rings. The highest BCUT2D eigenvalue weighted by Crippen LogP contribution is 2.41. The van der Waals surface area contributed by atoms with Crippen molar-refractivity contribution in [1.82, 2.24) is 4.90 Å². The van der Waals surface area contributed by atoms with Crippen LogP contribution in [0.2, 0.25) is 5.02 Å². The lowest BCUT2D eigenvalue weighted by molar-refractivity contribution is 0.181. The minimum atomic E-state index is -0.211. The van der Waals surface area contributed by atoms with Crippen LogP contribution in [-0.2, 0) is 19.3 Å². The summed E-state index contributed by atoms with van der Waals surface area (Å²) >= 11 is 6.30. The highest BCUT2D eigenvalue weighted by atomic mass is 79.9. The highest BCUT2D eigenvalue weighted by molar-refractivity contribution is 8.93. The first-order valence-electron chi connectivity index (χ1n) is 9.23. The molecule has 2 aromatic rings. The van der Waals surface area contributed by atoms with Gasteiger partial charge in [0, 0.05) is 12.6 Å². The van der Waals surface area contributed by atoms with Crippen LogP contribution in [0.5, 0.6) is 17.2 Å². The second kappa shape index (κ2) is 9.67. The molecular formula is C21H27BrClNO3. The Bertz CT molecular complexity index is 767. The van der Waals surface area contributed by atoms with Gasteiger partial charge in [0.1, 0.15) is 5.75 Å². The van der Waals surface area contributed by atoms with Gasteiger partial charge in [-0.25, -0.2) is 0 Å². The van der Waals surface area contributed by atoms with Gasteiger partial charge >= 0.3 is 0 Å². The summed E-state index contributed by atoms with van der Waals surface area (Å²) in [5.41, 5.74) is 3.21. The molecule has 1 aliphatic carbocycles. The molecule has 0 aromatic heterocycles. The van der Waals surface area contributed by atoms with E-state index in [0.29, 0.717) is 16.8 Å². The van der Waals surface area contributed by atoms with Gasteiger partial charge in [-0.3, -0.25) is 4.90 Å². The first-order chi connectivity index (χ1) is 12.5. The predicted molar refractivity (Wildman–Crippen MR) is 115 cm³/mol. The van der Waals surface area contributed by atoms with Crippen LogP contribution in [0.1, 0.15) is 36.5 Å². The quantitative estimate of drug-likeness (QED) is 0.544. The van der Waals surface area contributed by atoms with Crippen LogP contribution in [0.25, 0.3) is 0 Å². The minimum absolute atomic E-state index is 0. The fourth-order valence-corrected chi connectivity index (χ4v) is 4.13. The van der Waals surface area contributed by atoms with Gasteiger partial charge in [0.15, 0.2) is 11.5 Å². The first-order valence-corrected chi connectivity index (χ1v) is 9.61. The third-order valence-corrected chi connectivity index (χ3v) is 5.66. The van der Waals surface area contributed by atoms with Crippen molar-refractivity contribution >= 4 is 28.6 Å². The third kappa shape index (κ3) is 5.09. The van der Waals surface area contributed by atoms with Gasteiger partial charge in [0.05, 0.1) is 5.02 Å². The van der Waals surface area contributed by atoms with E-state index in [4.69, 9.17) is 11.6 Å². The lowest BCUT2D eigenvalue weighted by Gasteiger charge is -2.35. The summed E-state index contributed by atoms with van der Waals surface area (Å²) in [6.07, 6.45) is 4.67. The fraction of sp³-hybridized carbons (Fsp3) is 0.429. The molecule has 4 nitrogen and oxygen atoms in total. The molecule has 1 unspecified atom stereocenters. The van der Waals surface area contributed by atoms with Crippen LogP contribution in [0.4, 0.5) is 0 Å². The van der Waals surface area contributed by atoms with E-state index in [9.17, 15) is 15.3 Å². The van der Waals surface area contributed by atoms with Crippen molar-refractivity contribution < 1.29 is 15.3 Å². The SMILES string of the molecule is Br.CCCN(CCc1ccc(O)cc1)C1CCc2cc(O)c(O)c(Cl)c2C1. The molecule has 148 valence electrons. The molecule has 27 heavy (non-hydrogen) atoms. The van der Waals surface area contributed by atoms with E-state index in [1.807, 2.05) is 12.1 Å². The Morgan fingerprint density at radius 1 is 1.11 bits per heavy atom. The largest absolute Gasteiger partial charge is 0.508 e. The zero-order valence-corrected chi connectivity index (χ0v) is 18.0. The van der Waals surface area contributed by atoms with Gasteiger partial charge in [-0.05, 0) is 73.5 Å². The van der Waals surface area contributed by atoms with Crippen molar-refractivity contribution in [2.75, 3.05) is 13.1 Å². The average molecular weight is 457 g/mol. The molecule has 0 radical (unpaired) electrons. The second-order valence-electron chi connectivity index (χ2n) is 7.04. The standard InChI is InChI=1S/C21H26ClNO3.BrH/c1-2-10-23(11-9-14-3-7-17(24)8-4-14)16-6-5-15-12-19(25)21(26)20(22)18(15)13-16;/h3-4,7-8,12,16,24-26H,2,5-6,9-11,13H2,1H3;1H. The Morgan fingerprint density at radius 3 is 2.48 bits per heavy atom. The van der Waals surface area contributed by atoms with Crippen molar-refractivity contribution in [2.45, 2.75) is 45.1 Å². The second-order valence-corrected chi connectivity index (χ2v) is 7.42. The van der Waals surface area contributed by atoms with Crippen LogP contribution >= 0.6 is 28.6 Å². The van der Waals surface area contributed by atoms with Gasteiger partial charge in [-0.1, -0.05) is 30.7 Å². The van der Waals surface area contributed by atoms with Gasteiger partial charge in [0.25, 0.3) is 0 Å². The monoisotopic (exact) mass is 455 g/mol. The number of aromatic hydroxyl groups is 3. The summed E-state index contributed by atoms with van der Waals surface area (Å²) < 4.78 is 0. The summed E-state index contributed by atoms with van der Waals surface area (Å²) in [6.45, 7) is 4.14. The maximum atomic E-state index is 9.95. The van der Waals surface area contributed by atoms with E-state index in [0.717, 1.165) is 56.3 Å². The van der Waals surface area contributed by atoms with Gasteiger partial charge < -0.3 is 15.3 Å². The number of hydrogen-bond donors (Lipinski definition) is 3. The van der Waals surface area contributed by atoms with Crippen molar-refractivity contribution in [3.05, 3.63) is 52.0 Å². The van der Waals surface area contributed by atoms with Crippen LogP contribution in [0, 0.1) is 0 Å². The third-order valence-electron chi connectivity index (χ3n) is 5.25. The zero-order valence-electron chi connectivity index (χ0n) is 15.5. The Kier molecular flexibility index (Phi) is 7.83. The molecule has 0 spiro atoms. The smallest absolute Gasteiger partial charge is 0.176 e. The molecule has 0 fully saturated rings. The van der Waals surface area contributed by atoms with Crippen molar-refractivity contribution in [3.63, 3.8) is 0 Å². The van der Waals surface area contributed by atoms with Crippen LogP contribution in [0.15, 0.2) is 30.3 Å². The number of rotatable bonds is 6. The summed E-state index contributed by atoms with van der Waals surface area (Å²) in [6, 6.07) is 9.41. The van der Waals surface area contributed by atoms with Crippen molar-refractivity contribution in [1.29, 1.82) is 0 Å². The molecule has 0 heterocycles. The Hall–Kier alpha value is -1.43. The summed E-state index contributed by atoms with van der Waals surface area (Å²) in [5.74, 6) is -0.0529. The number of phenolic OH excluding ortho intramolecular Hbond substituents is 3. The first kappa shape index (κ1) is 21.9. The number of phenols is 3. The topological polar surface area (TPSA) is 63.9 Å². The van der Waals surface area contributed by atoms with Crippen molar-refractivity contribution in [2.24, 2.45) is 0 Å². The summed E-state index contributed by atoms with van der Waals surface area (Å²) in [4.78, 5) is 2.50. The molecule has 0 amide bonds. The number of fused-ring (bicyclic) bond motifs is 1. The van der Waals surface area contributed by atoms with Gasteiger partial charge in [-0.2, -0.15) is 0 Å². The number of nitrogens with zero attached hydrogens (tertiary/aromatic N) is 1. The molecule has 2 aromatic carbocycles. The highest BCUT2D eigenvalue weighted by Gasteiger charge is 2.27. The van der Waals surface area contributed by atoms with E-state index in [1.54, 1.807) is 18.2 Å². The summed E-state index contributed by atoms with van der Waals surface area (Å²) in [7, 11) is 0. The molecule has 0 bridgehead atoms. The lowest BCUT2D eigenvalue weighted by Crippen LogP contribution is -2.41. The molecule has 3 rings (SSSR count). The molecule has 0 saturated carbocycles. The Labute approximate surface area is 176 Å². The molecule has 3 N–H and O–H groups in total. The van der Waals surface area contributed by atoms with Gasteiger partial charge in [0.2, 0.25) is 0 Å². The number of hydrogen-bond acceptors (Lipinski definition) is 4. The van der Waals surface area contributed by atoms with E-state index >= 15 is 0 Å². The van der Waals surface area contributed by atoms with Crippen LogP contribution in [0.3, 0.4) is 0 Å². The molecule has 1 atom stereocenters. The maximum Gasteiger partial charge on any atom is 0.176 e. The molecule has 0 saturated heterocycles. The lowest BCUT2D eigenvalue weighted by atomic mass is 9.86. The minimum Gasteiger partial charge on any atom is -0.508 e. The van der Waals surface area contributed by atoms with E-state index in [-0.39, 0.29) is 28.5 Å². The van der Waals surface area contributed by atoms with E-state index in [1.165, 1.54) is 5.56 Å². The molecule has 0 aliphatic heterocycles. The normalized spacial score (nSPS) is 16.0. The predicted octanol–water partition coefficient (Wildman–Crippen LogP) is 4.85. The van der Waals surface area contributed by atoms with E-state index < -0.39 is 0 Å². The number of aryl methyl sites for hydroxylation is 1. The average Bonchev–Trinajstić information content (AvgIpc) is 2.64. The fourth-order valence-electron chi connectivity index (χ4n) is 3.83. The number of benzene rings is 2.